The molecule has 2 saturated heterocycles. The number of anilines is 2. The van der Waals surface area contributed by atoms with Gasteiger partial charge < -0.3 is 25.4 Å². The second kappa shape index (κ2) is 9.53. The molecule has 2 aliphatic rings. The number of rotatable bonds is 5. The summed E-state index contributed by atoms with van der Waals surface area (Å²) in [6.07, 6.45) is 2.89. The lowest BCUT2D eigenvalue weighted by atomic mass is 9.92. The van der Waals surface area contributed by atoms with Gasteiger partial charge in [0.2, 0.25) is 0 Å². The van der Waals surface area contributed by atoms with Crippen LogP contribution in [0.1, 0.15) is 23.3 Å². The lowest BCUT2D eigenvalue weighted by molar-refractivity contribution is -0.00866. The van der Waals surface area contributed by atoms with E-state index in [0.717, 1.165) is 45.1 Å². The van der Waals surface area contributed by atoms with Crippen molar-refractivity contribution in [3.63, 3.8) is 0 Å². The van der Waals surface area contributed by atoms with Crippen LogP contribution in [0.5, 0.6) is 0 Å². The second-order valence-electron chi connectivity index (χ2n) is 7.38. The number of morpholine rings is 1. The fourth-order valence-corrected chi connectivity index (χ4v) is 3.60. The number of halogens is 1. The Bertz CT molecular complexity index is 801. The van der Waals surface area contributed by atoms with Gasteiger partial charge in [0.1, 0.15) is 0 Å². The Morgan fingerprint density at radius 3 is 2.59 bits per heavy atom. The molecule has 158 valence electrons. The SMILES string of the molecule is Cl.O=C(Nc1ccc(N2CCOCC2)cc1)c1cn(CC2(O)CCNCC2)nn1. The minimum atomic E-state index is -0.804. The average molecular weight is 423 g/mol. The van der Waals surface area contributed by atoms with Gasteiger partial charge in [0.25, 0.3) is 5.91 Å². The zero-order valence-corrected chi connectivity index (χ0v) is 17.0. The fourth-order valence-electron chi connectivity index (χ4n) is 3.60. The Labute approximate surface area is 175 Å². The summed E-state index contributed by atoms with van der Waals surface area (Å²) in [5.74, 6) is -0.317. The summed E-state index contributed by atoms with van der Waals surface area (Å²) in [6.45, 7) is 5.11. The van der Waals surface area contributed by atoms with Crippen LogP contribution >= 0.6 is 12.4 Å². The molecule has 1 amide bonds. The number of aromatic nitrogens is 3. The number of benzene rings is 1. The summed E-state index contributed by atoms with van der Waals surface area (Å²) in [4.78, 5) is 14.7. The van der Waals surface area contributed by atoms with Crippen molar-refractivity contribution in [1.82, 2.24) is 20.3 Å². The summed E-state index contributed by atoms with van der Waals surface area (Å²) in [5.41, 5.74) is 1.24. The molecular formula is C19H27ClN6O3. The second-order valence-corrected chi connectivity index (χ2v) is 7.38. The van der Waals surface area contributed by atoms with E-state index in [0.29, 0.717) is 25.1 Å². The molecule has 3 N–H and O–H groups in total. The van der Waals surface area contributed by atoms with Gasteiger partial charge in [0.15, 0.2) is 5.69 Å². The lowest BCUT2D eigenvalue weighted by Crippen LogP contribution is -2.44. The fraction of sp³-hybridized carbons (Fsp3) is 0.526. The summed E-state index contributed by atoms with van der Waals surface area (Å²) in [6, 6.07) is 7.74. The molecule has 0 spiro atoms. The number of amides is 1. The van der Waals surface area contributed by atoms with Gasteiger partial charge in [-0.05, 0) is 50.2 Å². The zero-order valence-electron chi connectivity index (χ0n) is 16.2. The number of carbonyl (C=O) groups is 1. The van der Waals surface area contributed by atoms with Crippen LogP contribution in [0.2, 0.25) is 0 Å². The van der Waals surface area contributed by atoms with Crippen molar-refractivity contribution in [2.75, 3.05) is 49.6 Å². The summed E-state index contributed by atoms with van der Waals surface area (Å²) < 4.78 is 6.91. The zero-order chi connectivity index (χ0) is 19.4. The van der Waals surface area contributed by atoms with E-state index in [1.165, 1.54) is 0 Å². The highest BCUT2D eigenvalue weighted by molar-refractivity contribution is 6.02. The van der Waals surface area contributed by atoms with E-state index in [4.69, 9.17) is 4.74 Å². The number of nitrogens with zero attached hydrogens (tertiary/aromatic N) is 4. The van der Waals surface area contributed by atoms with Crippen LogP contribution < -0.4 is 15.5 Å². The average Bonchev–Trinajstić information content (AvgIpc) is 3.18. The summed E-state index contributed by atoms with van der Waals surface area (Å²) in [7, 11) is 0. The van der Waals surface area contributed by atoms with Crippen LogP contribution in [0.4, 0.5) is 11.4 Å². The smallest absolute Gasteiger partial charge is 0.277 e. The van der Waals surface area contributed by atoms with Crippen LogP contribution in [-0.4, -0.2) is 71.0 Å². The van der Waals surface area contributed by atoms with Crippen molar-refractivity contribution >= 4 is 29.7 Å². The highest BCUT2D eigenvalue weighted by Gasteiger charge is 2.30. The maximum atomic E-state index is 12.5. The van der Waals surface area contributed by atoms with Crippen LogP contribution in [0, 0.1) is 0 Å². The monoisotopic (exact) mass is 422 g/mol. The molecule has 0 atom stereocenters. The van der Waals surface area contributed by atoms with E-state index >= 15 is 0 Å². The number of aliphatic hydroxyl groups is 1. The van der Waals surface area contributed by atoms with Crippen molar-refractivity contribution in [3.8, 4) is 0 Å². The van der Waals surface area contributed by atoms with Crippen LogP contribution in [-0.2, 0) is 11.3 Å². The molecule has 1 aromatic carbocycles. The molecule has 0 saturated carbocycles. The first-order chi connectivity index (χ1) is 13.6. The molecule has 4 rings (SSSR count). The molecule has 9 nitrogen and oxygen atoms in total. The molecule has 0 bridgehead atoms. The predicted molar refractivity (Wildman–Crippen MR) is 112 cm³/mol. The van der Waals surface area contributed by atoms with Crippen LogP contribution in [0.25, 0.3) is 0 Å². The maximum absolute atomic E-state index is 12.5. The third-order valence-corrected chi connectivity index (χ3v) is 5.26. The van der Waals surface area contributed by atoms with Crippen LogP contribution in [0.3, 0.4) is 0 Å². The normalized spacial score (nSPS) is 18.7. The molecule has 0 radical (unpaired) electrons. The van der Waals surface area contributed by atoms with E-state index in [1.54, 1.807) is 10.9 Å². The topological polar surface area (TPSA) is 105 Å². The van der Waals surface area contributed by atoms with Crippen molar-refractivity contribution in [2.45, 2.75) is 25.0 Å². The minimum Gasteiger partial charge on any atom is -0.388 e. The number of hydrogen-bond donors (Lipinski definition) is 3. The molecule has 0 unspecified atom stereocenters. The minimum absolute atomic E-state index is 0. The molecule has 2 aromatic rings. The summed E-state index contributed by atoms with van der Waals surface area (Å²) >= 11 is 0. The van der Waals surface area contributed by atoms with Crippen molar-refractivity contribution in [2.24, 2.45) is 0 Å². The standard InChI is InChI=1S/C19H26N6O3.ClH/c26-18(17-13-25(23-22-17)14-19(27)5-7-20-8-6-19)21-15-1-3-16(4-2-15)24-9-11-28-12-10-24;/h1-4,13,20,27H,5-12,14H2,(H,21,26);1H. The van der Waals surface area contributed by atoms with E-state index in [-0.39, 0.29) is 24.0 Å². The largest absolute Gasteiger partial charge is 0.388 e. The van der Waals surface area contributed by atoms with Gasteiger partial charge in [-0.25, -0.2) is 4.68 Å². The molecule has 3 heterocycles. The van der Waals surface area contributed by atoms with Crippen molar-refractivity contribution < 1.29 is 14.6 Å². The first kappa shape index (κ1) is 21.5. The maximum Gasteiger partial charge on any atom is 0.277 e. The Balaban J connectivity index is 0.00000240. The van der Waals surface area contributed by atoms with Gasteiger partial charge in [-0.15, -0.1) is 17.5 Å². The van der Waals surface area contributed by atoms with Gasteiger partial charge >= 0.3 is 0 Å². The highest BCUT2D eigenvalue weighted by Crippen LogP contribution is 2.21. The Morgan fingerprint density at radius 2 is 1.90 bits per heavy atom. The van der Waals surface area contributed by atoms with Gasteiger partial charge in [-0.2, -0.15) is 0 Å². The Morgan fingerprint density at radius 1 is 1.21 bits per heavy atom. The molecule has 1 aromatic heterocycles. The molecule has 29 heavy (non-hydrogen) atoms. The number of piperidine rings is 1. The van der Waals surface area contributed by atoms with Gasteiger partial charge in [-0.3, -0.25) is 4.79 Å². The van der Waals surface area contributed by atoms with E-state index in [9.17, 15) is 9.90 Å². The predicted octanol–water partition coefficient (Wildman–Crippen LogP) is 0.903. The molecule has 10 heteroatoms. The van der Waals surface area contributed by atoms with Gasteiger partial charge in [0, 0.05) is 24.5 Å². The molecular weight excluding hydrogens is 396 g/mol. The quantitative estimate of drug-likeness (QED) is 0.657. The third kappa shape index (κ3) is 5.45. The number of carbonyl (C=O) groups excluding carboxylic acids is 1. The first-order valence-corrected chi connectivity index (χ1v) is 9.69. The van der Waals surface area contributed by atoms with Crippen LogP contribution in [0.15, 0.2) is 30.5 Å². The number of hydrogen-bond acceptors (Lipinski definition) is 7. The van der Waals surface area contributed by atoms with Gasteiger partial charge in [-0.1, -0.05) is 5.21 Å². The molecule has 0 aliphatic carbocycles. The Hall–Kier alpha value is -2.20. The van der Waals surface area contributed by atoms with E-state index < -0.39 is 5.60 Å². The van der Waals surface area contributed by atoms with Gasteiger partial charge in [0.05, 0.1) is 31.6 Å². The van der Waals surface area contributed by atoms with Crippen molar-refractivity contribution in [3.05, 3.63) is 36.2 Å². The van der Waals surface area contributed by atoms with E-state index in [1.807, 2.05) is 24.3 Å². The molecule has 2 fully saturated rings. The lowest BCUT2D eigenvalue weighted by Gasteiger charge is -2.32. The summed E-state index contributed by atoms with van der Waals surface area (Å²) in [5, 5.41) is 24.6. The van der Waals surface area contributed by atoms with Crippen molar-refractivity contribution in [1.29, 1.82) is 0 Å². The highest BCUT2D eigenvalue weighted by atomic mass is 35.5. The number of ether oxygens (including phenoxy) is 1. The third-order valence-electron chi connectivity index (χ3n) is 5.26. The molecule has 2 aliphatic heterocycles. The van der Waals surface area contributed by atoms with E-state index in [2.05, 4.69) is 25.8 Å². The number of nitrogens with one attached hydrogen (secondary N) is 2. The first-order valence-electron chi connectivity index (χ1n) is 9.69. The Kier molecular flexibility index (Phi) is 7.07.